The quantitative estimate of drug-likeness (QED) is 0.520. The topological polar surface area (TPSA) is 112 Å². The summed E-state index contributed by atoms with van der Waals surface area (Å²) in [6, 6.07) is 0. The van der Waals surface area contributed by atoms with Crippen LogP contribution < -0.4 is 0 Å². The molecule has 0 aromatic heterocycles. The van der Waals surface area contributed by atoms with Crippen molar-refractivity contribution in [1.82, 2.24) is 14.7 Å². The van der Waals surface area contributed by atoms with Gasteiger partial charge in [-0.05, 0) is 27.8 Å². The SMILES string of the molecule is CN1C(=O)Cc2c3c(c4c(c2CC1=O)CC(=O)N(C)C4=O)CC(=O)N(C)C(=O)C3. The summed E-state index contributed by atoms with van der Waals surface area (Å²) in [7, 11) is 4.12. The van der Waals surface area contributed by atoms with Crippen LogP contribution in [0.5, 0.6) is 0 Å². The highest BCUT2D eigenvalue weighted by Crippen LogP contribution is 2.37. The van der Waals surface area contributed by atoms with Gasteiger partial charge in [-0.3, -0.25) is 43.5 Å². The molecular weight excluding hydrogens is 378 g/mol. The molecule has 0 atom stereocenters. The fourth-order valence-corrected chi connectivity index (χ4v) is 4.23. The van der Waals surface area contributed by atoms with Gasteiger partial charge in [0.05, 0.1) is 32.1 Å². The summed E-state index contributed by atoms with van der Waals surface area (Å²) in [5.41, 5.74) is 2.39. The zero-order valence-corrected chi connectivity index (χ0v) is 16.3. The molecule has 3 aliphatic heterocycles. The van der Waals surface area contributed by atoms with Gasteiger partial charge in [0.15, 0.2) is 0 Å². The number of fused-ring (bicyclic) bond motifs is 6. The van der Waals surface area contributed by atoms with E-state index >= 15 is 0 Å². The first-order valence-electron chi connectivity index (χ1n) is 9.19. The summed E-state index contributed by atoms with van der Waals surface area (Å²) in [6.07, 6.45) is -0.704. The van der Waals surface area contributed by atoms with Crippen molar-refractivity contribution in [2.24, 2.45) is 0 Å². The van der Waals surface area contributed by atoms with E-state index in [0.29, 0.717) is 27.8 Å². The monoisotopic (exact) mass is 397 g/mol. The average Bonchev–Trinajstić information content (AvgIpc) is 2.86. The van der Waals surface area contributed by atoms with Gasteiger partial charge in [0.25, 0.3) is 5.91 Å². The van der Waals surface area contributed by atoms with E-state index in [2.05, 4.69) is 0 Å². The lowest BCUT2D eigenvalue weighted by Gasteiger charge is -2.29. The summed E-state index contributed by atoms with van der Waals surface area (Å²) < 4.78 is 0. The highest BCUT2D eigenvalue weighted by molar-refractivity contribution is 6.13. The van der Waals surface area contributed by atoms with Crippen LogP contribution in [0.4, 0.5) is 0 Å². The maximum atomic E-state index is 13.0. The van der Waals surface area contributed by atoms with E-state index in [-0.39, 0.29) is 37.7 Å². The first-order valence-corrected chi connectivity index (χ1v) is 9.19. The number of imide groups is 3. The second-order valence-electron chi connectivity index (χ2n) is 7.60. The van der Waals surface area contributed by atoms with E-state index in [4.69, 9.17) is 0 Å². The zero-order valence-electron chi connectivity index (χ0n) is 16.3. The van der Waals surface area contributed by atoms with Gasteiger partial charge >= 0.3 is 0 Å². The Morgan fingerprint density at radius 3 is 1.10 bits per heavy atom. The summed E-state index contributed by atoms with van der Waals surface area (Å²) in [5, 5.41) is 0. The maximum Gasteiger partial charge on any atom is 0.260 e. The Kier molecular flexibility index (Phi) is 4.14. The molecule has 4 rings (SSSR count). The Balaban J connectivity index is 2.08. The van der Waals surface area contributed by atoms with Crippen molar-refractivity contribution in [3.63, 3.8) is 0 Å². The minimum atomic E-state index is -0.559. The third-order valence-corrected chi connectivity index (χ3v) is 6.09. The van der Waals surface area contributed by atoms with Gasteiger partial charge in [-0.15, -0.1) is 0 Å². The molecule has 150 valence electrons. The molecule has 9 nitrogen and oxygen atoms in total. The van der Waals surface area contributed by atoms with E-state index in [0.717, 1.165) is 14.7 Å². The second-order valence-corrected chi connectivity index (χ2v) is 7.60. The Bertz CT molecular complexity index is 1060. The normalized spacial score (nSPS) is 19.8. The standard InChI is InChI=1S/C20H19N3O6/c1-21-14(24)4-9-10-5-16(26)22(2)17(27)7-12(10)19-13(11(9)6-15(21)25)8-18(28)23(3)20(19)29/h4-8H2,1-3H3. The molecular formula is C20H19N3O6. The lowest BCUT2D eigenvalue weighted by molar-refractivity contribution is -0.143. The van der Waals surface area contributed by atoms with Crippen LogP contribution in [0.15, 0.2) is 0 Å². The van der Waals surface area contributed by atoms with Crippen LogP contribution in [0.25, 0.3) is 0 Å². The predicted octanol–water partition coefficient (Wildman–Crippen LogP) is -0.991. The molecule has 3 heterocycles. The molecule has 0 saturated heterocycles. The van der Waals surface area contributed by atoms with Crippen molar-refractivity contribution in [1.29, 1.82) is 0 Å². The van der Waals surface area contributed by atoms with Crippen molar-refractivity contribution >= 4 is 35.4 Å². The number of benzene rings is 1. The van der Waals surface area contributed by atoms with Gasteiger partial charge in [-0.1, -0.05) is 0 Å². The van der Waals surface area contributed by atoms with Crippen molar-refractivity contribution in [3.8, 4) is 0 Å². The fourth-order valence-electron chi connectivity index (χ4n) is 4.23. The molecule has 1 aromatic rings. The molecule has 0 aliphatic carbocycles. The number of amides is 6. The molecule has 1 aromatic carbocycles. The number of carbonyl (C=O) groups is 6. The first-order chi connectivity index (χ1) is 13.6. The van der Waals surface area contributed by atoms with Gasteiger partial charge < -0.3 is 0 Å². The van der Waals surface area contributed by atoms with E-state index < -0.39 is 35.4 Å². The van der Waals surface area contributed by atoms with Crippen molar-refractivity contribution in [3.05, 3.63) is 33.4 Å². The fraction of sp³-hybridized carbons (Fsp3) is 0.400. The molecule has 0 radical (unpaired) electrons. The zero-order chi connectivity index (χ0) is 21.2. The maximum absolute atomic E-state index is 13.0. The molecule has 0 bridgehead atoms. The number of carbonyl (C=O) groups excluding carboxylic acids is 6. The van der Waals surface area contributed by atoms with Crippen LogP contribution in [-0.4, -0.2) is 71.3 Å². The van der Waals surface area contributed by atoms with Crippen LogP contribution in [0.1, 0.15) is 38.2 Å². The van der Waals surface area contributed by atoms with Crippen molar-refractivity contribution in [2.45, 2.75) is 32.1 Å². The lowest BCUT2D eigenvalue weighted by atomic mass is 9.79. The average molecular weight is 397 g/mol. The van der Waals surface area contributed by atoms with Crippen LogP contribution >= 0.6 is 0 Å². The molecule has 29 heavy (non-hydrogen) atoms. The smallest absolute Gasteiger partial charge is 0.260 e. The predicted molar refractivity (Wildman–Crippen MR) is 97.6 cm³/mol. The van der Waals surface area contributed by atoms with Gasteiger partial charge in [0, 0.05) is 26.7 Å². The number of hydrogen-bond acceptors (Lipinski definition) is 6. The van der Waals surface area contributed by atoms with Gasteiger partial charge in [-0.2, -0.15) is 0 Å². The minimum Gasteiger partial charge on any atom is -0.285 e. The Labute approximate surface area is 166 Å². The molecule has 0 N–H and O–H groups in total. The van der Waals surface area contributed by atoms with Crippen LogP contribution in [0, 0.1) is 0 Å². The Hall–Kier alpha value is -3.36. The van der Waals surface area contributed by atoms with Gasteiger partial charge in [-0.25, -0.2) is 0 Å². The summed E-state index contributed by atoms with van der Waals surface area (Å²) >= 11 is 0. The van der Waals surface area contributed by atoms with E-state index in [1.54, 1.807) is 0 Å². The molecule has 3 aliphatic rings. The molecule has 0 spiro atoms. The molecule has 0 fully saturated rings. The van der Waals surface area contributed by atoms with E-state index in [1.807, 2.05) is 0 Å². The van der Waals surface area contributed by atoms with E-state index in [1.165, 1.54) is 21.1 Å². The third kappa shape index (κ3) is 2.68. The minimum absolute atomic E-state index is 0.101. The van der Waals surface area contributed by atoms with E-state index in [9.17, 15) is 28.8 Å². The van der Waals surface area contributed by atoms with Gasteiger partial charge in [0.1, 0.15) is 0 Å². The Morgan fingerprint density at radius 1 is 0.448 bits per heavy atom. The molecule has 6 amide bonds. The van der Waals surface area contributed by atoms with Crippen LogP contribution in [-0.2, 0) is 56.1 Å². The van der Waals surface area contributed by atoms with Gasteiger partial charge in [0.2, 0.25) is 29.5 Å². The summed E-state index contributed by atoms with van der Waals surface area (Å²) in [6.45, 7) is 0. The van der Waals surface area contributed by atoms with Crippen LogP contribution in [0.2, 0.25) is 0 Å². The molecule has 0 saturated carbocycles. The number of rotatable bonds is 0. The number of nitrogens with zero attached hydrogens (tertiary/aromatic N) is 3. The van der Waals surface area contributed by atoms with Crippen LogP contribution in [0.3, 0.4) is 0 Å². The van der Waals surface area contributed by atoms with Crippen molar-refractivity contribution in [2.75, 3.05) is 21.1 Å². The highest BCUT2D eigenvalue weighted by Gasteiger charge is 2.40. The second kappa shape index (κ2) is 6.33. The number of likely N-dealkylation sites (N-methyl/N-ethyl adjacent to an activating group) is 3. The Morgan fingerprint density at radius 2 is 0.724 bits per heavy atom. The molecule has 0 unspecified atom stereocenters. The summed E-state index contributed by atoms with van der Waals surface area (Å²) in [5.74, 6) is -2.76. The van der Waals surface area contributed by atoms with Crippen molar-refractivity contribution < 1.29 is 28.8 Å². The largest absolute Gasteiger partial charge is 0.285 e. The summed E-state index contributed by atoms with van der Waals surface area (Å²) in [4.78, 5) is 78.4. The lowest BCUT2D eigenvalue weighted by Crippen LogP contribution is -2.41. The number of hydrogen-bond donors (Lipinski definition) is 0. The highest BCUT2D eigenvalue weighted by atomic mass is 16.2. The molecule has 9 heteroatoms. The third-order valence-electron chi connectivity index (χ3n) is 6.09. The first kappa shape index (κ1) is 19.0.